The molecule has 0 unspecified atom stereocenters. The van der Waals surface area contributed by atoms with Crippen molar-refractivity contribution in [2.24, 2.45) is 0 Å². The van der Waals surface area contributed by atoms with E-state index in [-0.39, 0.29) is 6.42 Å². The lowest BCUT2D eigenvalue weighted by molar-refractivity contribution is 0.478. The summed E-state index contributed by atoms with van der Waals surface area (Å²) in [6.07, 6.45) is 0.288. The van der Waals surface area contributed by atoms with E-state index in [0.29, 0.717) is 11.4 Å². The Labute approximate surface area is 106 Å². The molecular formula is C15H14N2O. The molecule has 2 N–H and O–H groups in total. The second kappa shape index (κ2) is 5.24. The van der Waals surface area contributed by atoms with E-state index in [4.69, 9.17) is 15.7 Å². The summed E-state index contributed by atoms with van der Waals surface area (Å²) >= 11 is 0. The third-order valence-corrected chi connectivity index (χ3v) is 2.71. The predicted octanol–water partition coefficient (Wildman–Crippen LogP) is 3.44. The van der Waals surface area contributed by atoms with Crippen LogP contribution < -0.4 is 10.5 Å². The number of rotatable bonds is 3. The lowest BCUT2D eigenvalue weighted by Crippen LogP contribution is -1.95. The molecule has 18 heavy (non-hydrogen) atoms. The molecule has 2 aromatic carbocycles. The van der Waals surface area contributed by atoms with Gasteiger partial charge in [-0.15, -0.1) is 0 Å². The number of anilines is 1. The van der Waals surface area contributed by atoms with Crippen LogP contribution >= 0.6 is 0 Å². The molecule has 3 heteroatoms. The quantitative estimate of drug-likeness (QED) is 0.833. The minimum absolute atomic E-state index is 0.288. The van der Waals surface area contributed by atoms with Gasteiger partial charge in [0, 0.05) is 5.69 Å². The molecular weight excluding hydrogens is 224 g/mol. The molecule has 2 aromatic rings. The fourth-order valence-electron chi connectivity index (χ4n) is 1.68. The van der Waals surface area contributed by atoms with E-state index in [1.54, 1.807) is 6.07 Å². The van der Waals surface area contributed by atoms with E-state index in [1.807, 2.05) is 43.3 Å². The minimum Gasteiger partial charge on any atom is -0.457 e. The molecule has 0 fully saturated rings. The fraction of sp³-hybridized carbons (Fsp3) is 0.133. The number of ether oxygens (including phenoxy) is 1. The van der Waals surface area contributed by atoms with Gasteiger partial charge in [-0.05, 0) is 42.3 Å². The average Bonchev–Trinajstić information content (AvgIpc) is 2.36. The second-order valence-electron chi connectivity index (χ2n) is 4.06. The van der Waals surface area contributed by atoms with E-state index < -0.39 is 0 Å². The van der Waals surface area contributed by atoms with E-state index >= 15 is 0 Å². The number of para-hydroxylation sites is 1. The monoisotopic (exact) mass is 238 g/mol. The third kappa shape index (κ3) is 2.61. The summed E-state index contributed by atoms with van der Waals surface area (Å²) in [6.45, 7) is 1.99. The SMILES string of the molecule is Cc1ccccc1Oc1ccc(N)c(CC#N)c1. The van der Waals surface area contributed by atoms with Gasteiger partial charge in [-0.25, -0.2) is 0 Å². The van der Waals surface area contributed by atoms with Crippen LogP contribution in [0.3, 0.4) is 0 Å². The Balaban J connectivity index is 2.28. The molecule has 0 atom stereocenters. The van der Waals surface area contributed by atoms with Gasteiger partial charge in [-0.3, -0.25) is 0 Å². The topological polar surface area (TPSA) is 59.0 Å². The van der Waals surface area contributed by atoms with Crippen molar-refractivity contribution in [2.45, 2.75) is 13.3 Å². The van der Waals surface area contributed by atoms with Crippen molar-refractivity contribution >= 4 is 5.69 Å². The molecule has 0 saturated carbocycles. The number of nitrogen functional groups attached to an aromatic ring is 1. The molecule has 0 amide bonds. The van der Waals surface area contributed by atoms with Crippen LogP contribution in [0.2, 0.25) is 0 Å². The van der Waals surface area contributed by atoms with Gasteiger partial charge in [0.2, 0.25) is 0 Å². The lowest BCUT2D eigenvalue weighted by atomic mass is 10.1. The first-order valence-electron chi connectivity index (χ1n) is 5.69. The third-order valence-electron chi connectivity index (χ3n) is 2.71. The maximum atomic E-state index is 8.72. The van der Waals surface area contributed by atoms with Crippen molar-refractivity contribution in [1.29, 1.82) is 5.26 Å². The lowest BCUT2D eigenvalue weighted by Gasteiger charge is -2.10. The Morgan fingerprint density at radius 2 is 2.00 bits per heavy atom. The zero-order chi connectivity index (χ0) is 13.0. The van der Waals surface area contributed by atoms with Gasteiger partial charge in [0.15, 0.2) is 0 Å². The van der Waals surface area contributed by atoms with Crippen LogP contribution in [0.25, 0.3) is 0 Å². The van der Waals surface area contributed by atoms with Gasteiger partial charge < -0.3 is 10.5 Å². The molecule has 0 radical (unpaired) electrons. The van der Waals surface area contributed by atoms with E-state index in [2.05, 4.69) is 6.07 Å². The summed E-state index contributed by atoms with van der Waals surface area (Å²) in [6, 6.07) is 15.3. The van der Waals surface area contributed by atoms with Crippen LogP contribution in [0.5, 0.6) is 11.5 Å². The van der Waals surface area contributed by atoms with Crippen molar-refractivity contribution < 1.29 is 4.74 Å². The van der Waals surface area contributed by atoms with Gasteiger partial charge in [0.05, 0.1) is 12.5 Å². The smallest absolute Gasteiger partial charge is 0.130 e. The Bertz CT molecular complexity index is 600. The molecule has 0 aromatic heterocycles. The first kappa shape index (κ1) is 12.0. The average molecular weight is 238 g/mol. The highest BCUT2D eigenvalue weighted by atomic mass is 16.5. The van der Waals surface area contributed by atoms with Gasteiger partial charge >= 0.3 is 0 Å². The van der Waals surface area contributed by atoms with Gasteiger partial charge in [0.25, 0.3) is 0 Å². The number of aryl methyl sites for hydroxylation is 1. The van der Waals surface area contributed by atoms with Gasteiger partial charge in [-0.2, -0.15) is 5.26 Å². The van der Waals surface area contributed by atoms with E-state index in [1.165, 1.54) is 0 Å². The van der Waals surface area contributed by atoms with Crippen molar-refractivity contribution in [1.82, 2.24) is 0 Å². The molecule has 0 bridgehead atoms. The van der Waals surface area contributed by atoms with Crippen LogP contribution in [0.1, 0.15) is 11.1 Å². The Morgan fingerprint density at radius 1 is 1.22 bits per heavy atom. The number of nitriles is 1. The molecule has 0 saturated heterocycles. The number of hydrogen-bond donors (Lipinski definition) is 1. The Hall–Kier alpha value is -2.47. The molecule has 90 valence electrons. The maximum Gasteiger partial charge on any atom is 0.130 e. The summed E-state index contributed by atoms with van der Waals surface area (Å²) in [5.74, 6) is 1.51. The highest BCUT2D eigenvalue weighted by Gasteiger charge is 2.04. The largest absolute Gasteiger partial charge is 0.457 e. The zero-order valence-electron chi connectivity index (χ0n) is 10.2. The standard InChI is InChI=1S/C15H14N2O/c1-11-4-2-3-5-15(11)18-13-6-7-14(17)12(10-13)8-9-16/h2-7,10H,8,17H2,1H3. The molecule has 0 heterocycles. The minimum atomic E-state index is 0.288. The molecule has 0 aliphatic rings. The highest BCUT2D eigenvalue weighted by molar-refractivity contribution is 5.52. The number of nitrogens with two attached hydrogens (primary N) is 1. The summed E-state index contributed by atoms with van der Waals surface area (Å²) < 4.78 is 5.79. The van der Waals surface area contributed by atoms with E-state index in [9.17, 15) is 0 Å². The normalized spacial score (nSPS) is 9.78. The van der Waals surface area contributed by atoms with Crippen molar-refractivity contribution in [3.05, 3.63) is 53.6 Å². The highest BCUT2D eigenvalue weighted by Crippen LogP contribution is 2.27. The van der Waals surface area contributed by atoms with E-state index in [0.717, 1.165) is 16.9 Å². The summed E-state index contributed by atoms with van der Waals surface area (Å²) in [5, 5.41) is 8.72. The molecule has 3 nitrogen and oxygen atoms in total. The number of nitrogens with zero attached hydrogens (tertiary/aromatic N) is 1. The van der Waals surface area contributed by atoms with Crippen molar-refractivity contribution in [3.8, 4) is 17.6 Å². The van der Waals surface area contributed by atoms with Crippen LogP contribution in [-0.2, 0) is 6.42 Å². The Kier molecular flexibility index (Phi) is 3.49. The first-order chi connectivity index (χ1) is 8.70. The molecule has 0 spiro atoms. The van der Waals surface area contributed by atoms with Crippen molar-refractivity contribution in [3.63, 3.8) is 0 Å². The zero-order valence-corrected chi connectivity index (χ0v) is 10.2. The van der Waals surface area contributed by atoms with Crippen LogP contribution in [0.4, 0.5) is 5.69 Å². The molecule has 2 rings (SSSR count). The Morgan fingerprint density at radius 3 is 2.72 bits per heavy atom. The fourth-order valence-corrected chi connectivity index (χ4v) is 1.68. The second-order valence-corrected chi connectivity index (χ2v) is 4.06. The maximum absolute atomic E-state index is 8.72. The van der Waals surface area contributed by atoms with Crippen LogP contribution in [0, 0.1) is 18.3 Å². The summed E-state index contributed by atoms with van der Waals surface area (Å²) in [5.41, 5.74) is 8.27. The summed E-state index contributed by atoms with van der Waals surface area (Å²) in [4.78, 5) is 0. The van der Waals surface area contributed by atoms with Crippen LogP contribution in [-0.4, -0.2) is 0 Å². The predicted molar refractivity (Wildman–Crippen MR) is 71.4 cm³/mol. The molecule has 0 aliphatic heterocycles. The van der Waals surface area contributed by atoms with Gasteiger partial charge in [0.1, 0.15) is 11.5 Å². The van der Waals surface area contributed by atoms with Gasteiger partial charge in [-0.1, -0.05) is 18.2 Å². The molecule has 0 aliphatic carbocycles. The number of benzene rings is 2. The first-order valence-corrected chi connectivity index (χ1v) is 5.69. The summed E-state index contributed by atoms with van der Waals surface area (Å²) in [7, 11) is 0. The van der Waals surface area contributed by atoms with Crippen molar-refractivity contribution in [2.75, 3.05) is 5.73 Å². The number of hydrogen-bond acceptors (Lipinski definition) is 3. The van der Waals surface area contributed by atoms with Crippen LogP contribution in [0.15, 0.2) is 42.5 Å².